The first-order valence-electron chi connectivity index (χ1n) is 5.29. The van der Waals surface area contributed by atoms with E-state index in [9.17, 15) is 5.11 Å². The van der Waals surface area contributed by atoms with Gasteiger partial charge in [-0.1, -0.05) is 29.3 Å². The molecule has 0 aliphatic carbocycles. The van der Waals surface area contributed by atoms with Crippen LogP contribution >= 0.6 is 23.2 Å². The minimum atomic E-state index is -1.24. The number of nitrogens with zero attached hydrogens (tertiary/aromatic N) is 2. The van der Waals surface area contributed by atoms with Gasteiger partial charge < -0.3 is 5.11 Å². The van der Waals surface area contributed by atoms with E-state index < -0.39 is 5.60 Å². The number of aromatic nitrogens is 2. The van der Waals surface area contributed by atoms with Crippen LogP contribution < -0.4 is 0 Å². The van der Waals surface area contributed by atoms with Crippen LogP contribution in [0.25, 0.3) is 0 Å². The minimum Gasteiger partial charge on any atom is -0.383 e. The summed E-state index contributed by atoms with van der Waals surface area (Å²) in [5.74, 6) is 0. The third-order valence-electron chi connectivity index (χ3n) is 2.48. The first-order chi connectivity index (χ1) is 8.49. The van der Waals surface area contributed by atoms with Crippen LogP contribution in [-0.2, 0) is 5.60 Å². The zero-order chi connectivity index (χ0) is 13.2. The molecule has 3 nitrogen and oxygen atoms in total. The van der Waals surface area contributed by atoms with Gasteiger partial charge in [-0.05, 0) is 24.6 Å². The van der Waals surface area contributed by atoms with Crippen LogP contribution in [0.4, 0.5) is 0 Å². The lowest BCUT2D eigenvalue weighted by Crippen LogP contribution is -2.24. The Kier molecular flexibility index (Phi) is 3.85. The van der Waals surface area contributed by atoms with Crippen LogP contribution in [0.15, 0.2) is 36.8 Å². The van der Waals surface area contributed by atoms with Crippen LogP contribution in [0, 0.1) is 6.42 Å². The van der Waals surface area contributed by atoms with E-state index in [-0.39, 0.29) is 0 Å². The molecule has 0 aliphatic rings. The van der Waals surface area contributed by atoms with E-state index in [0.717, 1.165) is 0 Å². The highest BCUT2D eigenvalue weighted by Crippen LogP contribution is 2.30. The Morgan fingerprint density at radius 3 is 2.67 bits per heavy atom. The molecule has 2 rings (SSSR count). The van der Waals surface area contributed by atoms with Crippen molar-refractivity contribution in [1.29, 1.82) is 0 Å². The third-order valence-corrected chi connectivity index (χ3v) is 3.04. The van der Waals surface area contributed by atoms with Gasteiger partial charge in [0.15, 0.2) is 0 Å². The zero-order valence-corrected chi connectivity index (χ0v) is 11.2. The lowest BCUT2D eigenvalue weighted by atomic mass is 9.93. The lowest BCUT2D eigenvalue weighted by Gasteiger charge is -2.22. The fourth-order valence-electron chi connectivity index (χ4n) is 1.56. The highest BCUT2D eigenvalue weighted by molar-refractivity contribution is 6.35. The third kappa shape index (κ3) is 2.99. The summed E-state index contributed by atoms with van der Waals surface area (Å²) >= 11 is 11.9. The van der Waals surface area contributed by atoms with Crippen molar-refractivity contribution in [3.63, 3.8) is 0 Å². The molecule has 5 heteroatoms. The number of halogens is 2. The molecule has 1 atom stereocenters. The molecule has 1 aromatic carbocycles. The average Bonchev–Trinajstić information content (AvgIpc) is 2.34. The maximum Gasteiger partial charge on any atom is 0.113 e. The molecule has 0 aliphatic heterocycles. The second-order valence-electron chi connectivity index (χ2n) is 4.05. The number of benzene rings is 1. The standard InChI is InChI=1S/C13H11Cl2N2O/c1-13(18,12-8-16-4-5-17-12)7-9-2-3-10(14)6-11(9)15/h2-8,18H,1H3. The van der Waals surface area contributed by atoms with E-state index in [2.05, 4.69) is 9.97 Å². The summed E-state index contributed by atoms with van der Waals surface area (Å²) in [6, 6.07) is 5.09. The van der Waals surface area contributed by atoms with E-state index in [1.54, 1.807) is 37.7 Å². The summed E-state index contributed by atoms with van der Waals surface area (Å²) in [6.45, 7) is 1.63. The summed E-state index contributed by atoms with van der Waals surface area (Å²) in [6.07, 6.45) is 6.21. The average molecular weight is 282 g/mol. The van der Waals surface area contributed by atoms with Gasteiger partial charge >= 0.3 is 0 Å². The molecule has 1 aromatic heterocycles. The second kappa shape index (κ2) is 5.22. The van der Waals surface area contributed by atoms with Gasteiger partial charge in [-0.15, -0.1) is 0 Å². The second-order valence-corrected chi connectivity index (χ2v) is 4.89. The van der Waals surface area contributed by atoms with Crippen molar-refractivity contribution in [2.75, 3.05) is 0 Å². The molecule has 2 aromatic rings. The monoisotopic (exact) mass is 281 g/mol. The molecule has 0 spiro atoms. The molecule has 1 radical (unpaired) electrons. The van der Waals surface area contributed by atoms with Crippen LogP contribution in [-0.4, -0.2) is 15.1 Å². The smallest absolute Gasteiger partial charge is 0.113 e. The van der Waals surface area contributed by atoms with Crippen molar-refractivity contribution < 1.29 is 5.11 Å². The highest BCUT2D eigenvalue weighted by atomic mass is 35.5. The van der Waals surface area contributed by atoms with Crippen LogP contribution in [0.2, 0.25) is 10.0 Å². The van der Waals surface area contributed by atoms with E-state index >= 15 is 0 Å². The molecule has 0 saturated heterocycles. The number of hydrogen-bond donors (Lipinski definition) is 1. The van der Waals surface area contributed by atoms with E-state index in [4.69, 9.17) is 23.2 Å². The first-order valence-corrected chi connectivity index (χ1v) is 6.04. The maximum atomic E-state index is 10.4. The van der Waals surface area contributed by atoms with Gasteiger partial charge in [-0.25, -0.2) is 0 Å². The van der Waals surface area contributed by atoms with E-state index in [1.165, 1.54) is 12.4 Å². The predicted molar refractivity (Wildman–Crippen MR) is 71.5 cm³/mol. The molecule has 0 saturated carbocycles. The SMILES string of the molecule is CC(O)([CH]c1ccc(Cl)cc1Cl)c1cnccn1. The Labute approximate surface area is 115 Å². The van der Waals surface area contributed by atoms with Gasteiger partial charge in [-0.2, -0.15) is 0 Å². The molecule has 93 valence electrons. The van der Waals surface area contributed by atoms with Crippen molar-refractivity contribution in [2.24, 2.45) is 0 Å². The molecule has 0 fully saturated rings. The fraction of sp³-hybridized carbons (Fsp3) is 0.154. The van der Waals surface area contributed by atoms with Crippen LogP contribution in [0.5, 0.6) is 0 Å². The van der Waals surface area contributed by atoms with Gasteiger partial charge in [0, 0.05) is 28.9 Å². The molecular formula is C13H11Cl2N2O. The molecule has 1 N–H and O–H groups in total. The molecule has 0 amide bonds. The Bertz CT molecular complexity index is 544. The summed E-state index contributed by atoms with van der Waals surface area (Å²) in [5.41, 5.74) is -0.0983. The first kappa shape index (κ1) is 13.3. The van der Waals surface area contributed by atoms with Crippen molar-refractivity contribution in [3.05, 3.63) is 64.5 Å². The van der Waals surface area contributed by atoms with E-state index in [1.807, 2.05) is 0 Å². The summed E-state index contributed by atoms with van der Waals surface area (Å²) < 4.78 is 0. The van der Waals surface area contributed by atoms with Crippen molar-refractivity contribution >= 4 is 23.2 Å². The summed E-state index contributed by atoms with van der Waals surface area (Å²) in [5, 5.41) is 11.4. The zero-order valence-electron chi connectivity index (χ0n) is 9.64. The van der Waals surface area contributed by atoms with Crippen LogP contribution in [0.1, 0.15) is 18.2 Å². The molecular weight excluding hydrogens is 271 g/mol. The minimum absolute atomic E-state index is 0.455. The number of aliphatic hydroxyl groups is 1. The number of rotatable bonds is 3. The summed E-state index contributed by atoms with van der Waals surface area (Å²) in [7, 11) is 0. The Balaban J connectivity index is 2.28. The van der Waals surface area contributed by atoms with Gasteiger partial charge in [0.05, 0.1) is 11.9 Å². The Morgan fingerprint density at radius 1 is 1.28 bits per heavy atom. The topological polar surface area (TPSA) is 46.0 Å². The fourth-order valence-corrected chi connectivity index (χ4v) is 2.02. The van der Waals surface area contributed by atoms with Crippen molar-refractivity contribution in [3.8, 4) is 0 Å². The lowest BCUT2D eigenvalue weighted by molar-refractivity contribution is 0.0913. The highest BCUT2D eigenvalue weighted by Gasteiger charge is 2.26. The van der Waals surface area contributed by atoms with Gasteiger partial charge in [0.1, 0.15) is 5.60 Å². The Hall–Kier alpha value is -1.16. The molecule has 0 bridgehead atoms. The van der Waals surface area contributed by atoms with Gasteiger partial charge in [0.2, 0.25) is 0 Å². The largest absolute Gasteiger partial charge is 0.383 e. The number of hydrogen-bond acceptors (Lipinski definition) is 3. The Morgan fingerprint density at radius 2 is 2.06 bits per heavy atom. The quantitative estimate of drug-likeness (QED) is 0.940. The van der Waals surface area contributed by atoms with Crippen LogP contribution in [0.3, 0.4) is 0 Å². The van der Waals surface area contributed by atoms with E-state index in [0.29, 0.717) is 21.3 Å². The maximum absolute atomic E-state index is 10.4. The van der Waals surface area contributed by atoms with Gasteiger partial charge in [-0.3, -0.25) is 9.97 Å². The summed E-state index contributed by atoms with van der Waals surface area (Å²) in [4.78, 5) is 8.01. The van der Waals surface area contributed by atoms with Gasteiger partial charge in [0.25, 0.3) is 0 Å². The normalized spacial score (nSPS) is 14.2. The molecule has 18 heavy (non-hydrogen) atoms. The molecule has 1 heterocycles. The van der Waals surface area contributed by atoms with Crippen molar-refractivity contribution in [2.45, 2.75) is 12.5 Å². The molecule has 1 unspecified atom stereocenters. The van der Waals surface area contributed by atoms with Crippen molar-refractivity contribution in [1.82, 2.24) is 9.97 Å². The predicted octanol–water partition coefficient (Wildman–Crippen LogP) is 3.24.